The van der Waals surface area contributed by atoms with Crippen LogP contribution in [0.4, 0.5) is 4.39 Å². The van der Waals surface area contributed by atoms with Crippen LogP contribution in [0.2, 0.25) is 0 Å². The number of methoxy groups -OCH3 is 1. The second kappa shape index (κ2) is 8.11. The monoisotopic (exact) mass is 339 g/mol. The molecular weight excluding hydrogens is 317 g/mol. The Hall–Kier alpha value is -2.42. The Morgan fingerprint density at radius 3 is 2.04 bits per heavy atom. The number of ether oxygens (including phenoxy) is 1. The van der Waals surface area contributed by atoms with Crippen molar-refractivity contribution in [3.63, 3.8) is 0 Å². The maximum atomic E-state index is 13.8. The third-order valence-corrected chi connectivity index (χ3v) is 4.58. The van der Waals surface area contributed by atoms with Crippen LogP contribution in [0.3, 0.4) is 0 Å². The zero-order chi connectivity index (χ0) is 17.6. The molecule has 2 aromatic rings. The average Bonchev–Trinajstić information content (AvgIpc) is 2.64. The minimum absolute atomic E-state index is 0.288. The first-order valence-corrected chi connectivity index (χ1v) is 8.44. The largest absolute Gasteiger partial charge is 0.494 e. The molecule has 1 aliphatic heterocycles. The molecule has 0 unspecified atom stereocenters. The van der Waals surface area contributed by atoms with Crippen molar-refractivity contribution in [3.8, 4) is 11.8 Å². The van der Waals surface area contributed by atoms with E-state index in [4.69, 9.17) is 10.00 Å². The molecule has 0 saturated carbocycles. The molecule has 0 spiro atoms. The molecule has 0 bridgehead atoms. The van der Waals surface area contributed by atoms with Crippen molar-refractivity contribution in [1.82, 2.24) is 9.80 Å². The lowest BCUT2D eigenvalue weighted by Gasteiger charge is -2.34. The molecule has 2 aromatic carbocycles. The van der Waals surface area contributed by atoms with Crippen LogP contribution in [-0.4, -0.2) is 43.1 Å². The summed E-state index contributed by atoms with van der Waals surface area (Å²) >= 11 is 0. The zero-order valence-electron chi connectivity index (χ0n) is 14.4. The van der Waals surface area contributed by atoms with E-state index in [1.165, 1.54) is 12.7 Å². The molecule has 1 aliphatic rings. The highest BCUT2D eigenvalue weighted by molar-refractivity contribution is 5.31. The van der Waals surface area contributed by atoms with Gasteiger partial charge in [0.2, 0.25) is 0 Å². The van der Waals surface area contributed by atoms with Crippen LogP contribution in [0.5, 0.6) is 5.75 Å². The normalized spacial score (nSPS) is 15.7. The Labute approximate surface area is 148 Å². The van der Waals surface area contributed by atoms with Gasteiger partial charge in [-0.05, 0) is 35.4 Å². The topological polar surface area (TPSA) is 39.5 Å². The van der Waals surface area contributed by atoms with Gasteiger partial charge in [0.15, 0.2) is 11.6 Å². The molecule has 0 N–H and O–H groups in total. The highest BCUT2D eigenvalue weighted by Gasteiger charge is 2.17. The van der Waals surface area contributed by atoms with Gasteiger partial charge in [0, 0.05) is 39.3 Å². The number of benzene rings is 2. The highest BCUT2D eigenvalue weighted by atomic mass is 19.1. The van der Waals surface area contributed by atoms with E-state index >= 15 is 0 Å². The SMILES string of the molecule is COc1ccc(CN2CCN(Cc3ccc(C#N)cc3)CC2)cc1F. The van der Waals surface area contributed by atoms with Gasteiger partial charge in [-0.25, -0.2) is 4.39 Å². The summed E-state index contributed by atoms with van der Waals surface area (Å²) in [5.74, 6) is -0.0181. The van der Waals surface area contributed by atoms with E-state index < -0.39 is 0 Å². The number of nitrogens with zero attached hydrogens (tertiary/aromatic N) is 3. The molecule has 0 atom stereocenters. The number of halogens is 1. The lowest BCUT2D eigenvalue weighted by Crippen LogP contribution is -2.45. The van der Waals surface area contributed by atoms with Crippen LogP contribution in [0.15, 0.2) is 42.5 Å². The van der Waals surface area contributed by atoms with E-state index in [-0.39, 0.29) is 11.6 Å². The lowest BCUT2D eigenvalue weighted by atomic mass is 10.1. The minimum atomic E-state index is -0.306. The molecule has 0 aromatic heterocycles. The molecule has 1 fully saturated rings. The predicted molar refractivity (Wildman–Crippen MR) is 94.7 cm³/mol. The van der Waals surface area contributed by atoms with E-state index in [0.29, 0.717) is 5.56 Å². The summed E-state index contributed by atoms with van der Waals surface area (Å²) in [6.07, 6.45) is 0. The Kier molecular flexibility index (Phi) is 5.64. The third-order valence-electron chi connectivity index (χ3n) is 4.58. The molecular formula is C20H22FN3O. The zero-order valence-corrected chi connectivity index (χ0v) is 14.4. The fourth-order valence-corrected chi connectivity index (χ4v) is 3.11. The minimum Gasteiger partial charge on any atom is -0.494 e. The second-order valence-electron chi connectivity index (χ2n) is 6.33. The van der Waals surface area contributed by atoms with Crippen LogP contribution < -0.4 is 4.74 Å². The number of hydrogen-bond donors (Lipinski definition) is 0. The maximum Gasteiger partial charge on any atom is 0.165 e. The van der Waals surface area contributed by atoms with Gasteiger partial charge in [0.25, 0.3) is 0 Å². The van der Waals surface area contributed by atoms with Crippen LogP contribution >= 0.6 is 0 Å². The van der Waals surface area contributed by atoms with Gasteiger partial charge in [-0.2, -0.15) is 5.26 Å². The number of hydrogen-bond acceptors (Lipinski definition) is 4. The standard InChI is InChI=1S/C20H22FN3O/c1-25-20-7-6-18(12-19(20)21)15-24-10-8-23(9-11-24)14-17-4-2-16(13-22)3-5-17/h2-7,12H,8-11,14-15H2,1H3. The fourth-order valence-electron chi connectivity index (χ4n) is 3.11. The summed E-state index contributed by atoms with van der Waals surface area (Å²) in [6, 6.07) is 15.1. The first kappa shape index (κ1) is 17.4. The van der Waals surface area contributed by atoms with Gasteiger partial charge in [-0.1, -0.05) is 18.2 Å². The van der Waals surface area contributed by atoms with E-state index in [9.17, 15) is 4.39 Å². The average molecular weight is 339 g/mol. The lowest BCUT2D eigenvalue weighted by molar-refractivity contribution is 0.122. The maximum absolute atomic E-state index is 13.8. The summed E-state index contributed by atoms with van der Waals surface area (Å²) in [5.41, 5.74) is 2.89. The summed E-state index contributed by atoms with van der Waals surface area (Å²) in [7, 11) is 1.48. The van der Waals surface area contributed by atoms with Gasteiger partial charge in [-0.3, -0.25) is 9.80 Å². The number of piperazine rings is 1. The van der Waals surface area contributed by atoms with Crippen LogP contribution in [0.1, 0.15) is 16.7 Å². The molecule has 25 heavy (non-hydrogen) atoms. The second-order valence-corrected chi connectivity index (χ2v) is 6.33. The molecule has 0 aliphatic carbocycles. The molecule has 130 valence electrons. The molecule has 5 heteroatoms. The van der Waals surface area contributed by atoms with E-state index in [1.807, 2.05) is 30.3 Å². The quantitative estimate of drug-likeness (QED) is 0.839. The molecule has 0 amide bonds. The van der Waals surface area contributed by atoms with Gasteiger partial charge < -0.3 is 4.74 Å². The van der Waals surface area contributed by atoms with Crippen molar-refractivity contribution in [2.45, 2.75) is 13.1 Å². The third kappa shape index (κ3) is 4.56. The van der Waals surface area contributed by atoms with Crippen molar-refractivity contribution < 1.29 is 9.13 Å². The van der Waals surface area contributed by atoms with Crippen molar-refractivity contribution in [2.24, 2.45) is 0 Å². The Bertz CT molecular complexity index is 747. The predicted octanol–water partition coefficient (Wildman–Crippen LogP) is 3.02. The van der Waals surface area contributed by atoms with E-state index in [1.54, 1.807) is 12.1 Å². The van der Waals surface area contributed by atoms with Crippen molar-refractivity contribution >= 4 is 0 Å². The molecule has 4 nitrogen and oxygen atoms in total. The highest BCUT2D eigenvalue weighted by Crippen LogP contribution is 2.19. The van der Waals surface area contributed by atoms with Gasteiger partial charge >= 0.3 is 0 Å². The molecule has 0 radical (unpaired) electrons. The Balaban J connectivity index is 1.49. The van der Waals surface area contributed by atoms with E-state index in [0.717, 1.165) is 44.8 Å². The van der Waals surface area contributed by atoms with Gasteiger partial charge in [0.05, 0.1) is 18.7 Å². The molecule has 3 rings (SSSR count). The first-order valence-electron chi connectivity index (χ1n) is 8.44. The summed E-state index contributed by atoms with van der Waals surface area (Å²) < 4.78 is 18.8. The smallest absolute Gasteiger partial charge is 0.165 e. The summed E-state index contributed by atoms with van der Waals surface area (Å²) in [4.78, 5) is 4.75. The van der Waals surface area contributed by atoms with Crippen LogP contribution in [-0.2, 0) is 13.1 Å². The summed E-state index contributed by atoms with van der Waals surface area (Å²) in [6.45, 7) is 5.55. The van der Waals surface area contributed by atoms with E-state index in [2.05, 4.69) is 15.9 Å². The molecule has 1 heterocycles. The summed E-state index contributed by atoms with van der Waals surface area (Å²) in [5, 5.41) is 8.85. The fraction of sp³-hybridized carbons (Fsp3) is 0.350. The van der Waals surface area contributed by atoms with Crippen molar-refractivity contribution in [1.29, 1.82) is 5.26 Å². The van der Waals surface area contributed by atoms with Crippen LogP contribution in [0, 0.1) is 17.1 Å². The van der Waals surface area contributed by atoms with Gasteiger partial charge in [0.1, 0.15) is 0 Å². The Morgan fingerprint density at radius 1 is 0.960 bits per heavy atom. The molecule has 1 saturated heterocycles. The first-order chi connectivity index (χ1) is 12.2. The number of nitriles is 1. The Morgan fingerprint density at radius 2 is 1.52 bits per heavy atom. The van der Waals surface area contributed by atoms with Crippen molar-refractivity contribution in [2.75, 3.05) is 33.3 Å². The van der Waals surface area contributed by atoms with Crippen LogP contribution in [0.25, 0.3) is 0 Å². The van der Waals surface area contributed by atoms with Gasteiger partial charge in [-0.15, -0.1) is 0 Å². The number of rotatable bonds is 5. The van der Waals surface area contributed by atoms with Crippen molar-refractivity contribution in [3.05, 3.63) is 65.0 Å².